The third-order valence-corrected chi connectivity index (χ3v) is 3.34. The molecule has 1 saturated carbocycles. The minimum atomic E-state index is -0.169. The van der Waals surface area contributed by atoms with Gasteiger partial charge in [-0.3, -0.25) is 0 Å². The molecule has 2 heteroatoms. The van der Waals surface area contributed by atoms with E-state index in [4.69, 9.17) is 5.26 Å². The van der Waals surface area contributed by atoms with Crippen molar-refractivity contribution in [1.82, 2.24) is 5.32 Å². The molecule has 1 fully saturated rings. The fraction of sp³-hybridized carbons (Fsp3) is 0.923. The lowest BCUT2D eigenvalue weighted by Crippen LogP contribution is -2.31. The van der Waals surface area contributed by atoms with E-state index in [0.29, 0.717) is 6.04 Å². The van der Waals surface area contributed by atoms with Gasteiger partial charge in [0.25, 0.3) is 0 Å². The predicted octanol–water partition coefficient (Wildman–Crippen LogP) is 3.24. The molecule has 15 heavy (non-hydrogen) atoms. The van der Waals surface area contributed by atoms with Gasteiger partial charge in [0.15, 0.2) is 0 Å². The normalized spacial score (nSPS) is 19.5. The van der Waals surface area contributed by atoms with Gasteiger partial charge in [0.1, 0.15) is 0 Å². The number of hydrogen-bond acceptors (Lipinski definition) is 2. The molecule has 1 aliphatic carbocycles. The molecule has 0 atom stereocenters. The van der Waals surface area contributed by atoms with Crippen LogP contribution < -0.4 is 5.32 Å². The molecule has 0 unspecified atom stereocenters. The Hall–Kier alpha value is -0.550. The van der Waals surface area contributed by atoms with Crippen molar-refractivity contribution in [1.29, 1.82) is 5.26 Å². The van der Waals surface area contributed by atoms with Gasteiger partial charge in [-0.05, 0) is 39.7 Å². The van der Waals surface area contributed by atoms with Crippen molar-refractivity contribution in [3.8, 4) is 6.07 Å². The van der Waals surface area contributed by atoms with Crippen molar-refractivity contribution in [2.45, 2.75) is 64.8 Å². The summed E-state index contributed by atoms with van der Waals surface area (Å²) >= 11 is 0. The van der Waals surface area contributed by atoms with E-state index in [0.717, 1.165) is 13.0 Å². The first-order valence-corrected chi connectivity index (χ1v) is 6.29. The second-order valence-corrected chi connectivity index (χ2v) is 5.39. The molecular formula is C13H24N2. The Morgan fingerprint density at radius 3 is 2.33 bits per heavy atom. The topological polar surface area (TPSA) is 35.8 Å². The van der Waals surface area contributed by atoms with Crippen LogP contribution in [0.4, 0.5) is 0 Å². The van der Waals surface area contributed by atoms with Crippen molar-refractivity contribution in [2.75, 3.05) is 6.54 Å². The van der Waals surface area contributed by atoms with Gasteiger partial charge in [-0.2, -0.15) is 5.26 Å². The summed E-state index contributed by atoms with van der Waals surface area (Å²) in [5.74, 6) is 0. The molecular weight excluding hydrogens is 184 g/mol. The van der Waals surface area contributed by atoms with Crippen molar-refractivity contribution in [2.24, 2.45) is 5.41 Å². The smallest absolute Gasteiger partial charge is 0.0684 e. The highest BCUT2D eigenvalue weighted by atomic mass is 14.9. The first kappa shape index (κ1) is 12.5. The van der Waals surface area contributed by atoms with E-state index in [-0.39, 0.29) is 5.41 Å². The van der Waals surface area contributed by atoms with E-state index in [1.807, 2.05) is 13.8 Å². The van der Waals surface area contributed by atoms with Crippen molar-refractivity contribution in [3.05, 3.63) is 0 Å². The van der Waals surface area contributed by atoms with Crippen LogP contribution in [-0.2, 0) is 0 Å². The van der Waals surface area contributed by atoms with Gasteiger partial charge in [0.05, 0.1) is 11.5 Å². The largest absolute Gasteiger partial charge is 0.314 e. The van der Waals surface area contributed by atoms with Gasteiger partial charge in [-0.15, -0.1) is 0 Å². The zero-order valence-electron chi connectivity index (χ0n) is 10.2. The minimum absolute atomic E-state index is 0.169. The van der Waals surface area contributed by atoms with Crippen molar-refractivity contribution >= 4 is 0 Å². The average Bonchev–Trinajstić information content (AvgIpc) is 2.46. The number of nitrogens with one attached hydrogen (secondary N) is 1. The molecule has 0 spiro atoms. The Morgan fingerprint density at radius 2 is 1.80 bits per heavy atom. The molecule has 0 aliphatic heterocycles. The maximum absolute atomic E-state index is 8.90. The van der Waals surface area contributed by atoms with Crippen LogP contribution in [0.3, 0.4) is 0 Å². The first-order valence-electron chi connectivity index (χ1n) is 6.29. The fourth-order valence-corrected chi connectivity index (χ4v) is 2.13. The van der Waals surface area contributed by atoms with Crippen LogP contribution in [0.2, 0.25) is 0 Å². The van der Waals surface area contributed by atoms with Gasteiger partial charge in [0.2, 0.25) is 0 Å². The van der Waals surface area contributed by atoms with E-state index < -0.39 is 0 Å². The van der Waals surface area contributed by atoms with Crippen LogP contribution in [0.1, 0.15) is 58.8 Å². The Morgan fingerprint density at radius 1 is 1.20 bits per heavy atom. The van der Waals surface area contributed by atoms with Crippen LogP contribution in [0, 0.1) is 16.7 Å². The average molecular weight is 208 g/mol. The summed E-state index contributed by atoms with van der Waals surface area (Å²) in [5, 5.41) is 12.5. The molecule has 0 heterocycles. The van der Waals surface area contributed by atoms with E-state index in [2.05, 4.69) is 11.4 Å². The Labute approximate surface area is 94.1 Å². The lowest BCUT2D eigenvalue weighted by Gasteiger charge is -2.20. The lowest BCUT2D eigenvalue weighted by atomic mass is 9.91. The van der Waals surface area contributed by atoms with Gasteiger partial charge in [-0.1, -0.05) is 25.7 Å². The monoisotopic (exact) mass is 208 g/mol. The summed E-state index contributed by atoms with van der Waals surface area (Å²) in [4.78, 5) is 0. The zero-order valence-corrected chi connectivity index (χ0v) is 10.2. The minimum Gasteiger partial charge on any atom is -0.314 e. The van der Waals surface area contributed by atoms with Crippen LogP contribution in [-0.4, -0.2) is 12.6 Å². The lowest BCUT2D eigenvalue weighted by molar-refractivity contribution is 0.389. The summed E-state index contributed by atoms with van der Waals surface area (Å²) in [6.45, 7) is 5.02. The Bertz CT molecular complexity index is 207. The SMILES string of the molecule is CC(C)(C#N)CCNC1CCCCCC1. The molecule has 0 radical (unpaired) electrons. The molecule has 0 aromatic rings. The summed E-state index contributed by atoms with van der Waals surface area (Å²) < 4.78 is 0. The third-order valence-electron chi connectivity index (χ3n) is 3.34. The number of nitrogens with zero attached hydrogens (tertiary/aromatic N) is 1. The molecule has 0 aromatic heterocycles. The van der Waals surface area contributed by atoms with Gasteiger partial charge >= 0.3 is 0 Å². The van der Waals surface area contributed by atoms with Crippen LogP contribution in [0.25, 0.3) is 0 Å². The highest BCUT2D eigenvalue weighted by molar-refractivity contribution is 4.92. The molecule has 1 N–H and O–H groups in total. The molecule has 0 saturated heterocycles. The van der Waals surface area contributed by atoms with Crippen LogP contribution in [0.5, 0.6) is 0 Å². The zero-order chi connectivity index (χ0) is 11.1. The molecule has 1 aliphatic rings. The van der Waals surface area contributed by atoms with E-state index in [1.165, 1.54) is 38.5 Å². The second-order valence-electron chi connectivity index (χ2n) is 5.39. The molecule has 0 bridgehead atoms. The molecule has 86 valence electrons. The Balaban J connectivity index is 2.16. The number of hydrogen-bond donors (Lipinski definition) is 1. The quantitative estimate of drug-likeness (QED) is 0.720. The molecule has 0 aromatic carbocycles. The fourth-order valence-electron chi connectivity index (χ4n) is 2.13. The Kier molecular flexibility index (Phi) is 5.11. The maximum Gasteiger partial charge on any atom is 0.0684 e. The number of rotatable bonds is 4. The third kappa shape index (κ3) is 5.18. The van der Waals surface area contributed by atoms with Gasteiger partial charge < -0.3 is 5.32 Å². The summed E-state index contributed by atoms with van der Waals surface area (Å²) in [7, 11) is 0. The standard InChI is InChI=1S/C13H24N2/c1-13(2,11-14)9-10-15-12-7-5-3-4-6-8-12/h12,15H,3-10H2,1-2H3. The first-order chi connectivity index (χ1) is 7.14. The van der Waals surface area contributed by atoms with Gasteiger partial charge in [-0.25, -0.2) is 0 Å². The maximum atomic E-state index is 8.90. The second kappa shape index (κ2) is 6.12. The van der Waals surface area contributed by atoms with Crippen LogP contribution >= 0.6 is 0 Å². The number of nitriles is 1. The van der Waals surface area contributed by atoms with Gasteiger partial charge in [0, 0.05) is 6.04 Å². The molecule has 2 nitrogen and oxygen atoms in total. The predicted molar refractivity (Wildman–Crippen MR) is 63.5 cm³/mol. The highest BCUT2D eigenvalue weighted by Gasteiger charge is 2.17. The summed E-state index contributed by atoms with van der Waals surface area (Å²) in [6.07, 6.45) is 9.17. The van der Waals surface area contributed by atoms with Crippen LogP contribution in [0.15, 0.2) is 0 Å². The van der Waals surface area contributed by atoms with E-state index in [9.17, 15) is 0 Å². The van der Waals surface area contributed by atoms with Crippen molar-refractivity contribution in [3.63, 3.8) is 0 Å². The highest BCUT2D eigenvalue weighted by Crippen LogP contribution is 2.20. The van der Waals surface area contributed by atoms with E-state index >= 15 is 0 Å². The van der Waals surface area contributed by atoms with E-state index in [1.54, 1.807) is 0 Å². The molecule has 1 rings (SSSR count). The molecule has 0 amide bonds. The summed E-state index contributed by atoms with van der Waals surface area (Å²) in [5.41, 5.74) is -0.169. The van der Waals surface area contributed by atoms with Crippen molar-refractivity contribution < 1.29 is 0 Å². The summed E-state index contributed by atoms with van der Waals surface area (Å²) in [6, 6.07) is 3.06.